The van der Waals surface area contributed by atoms with Crippen molar-refractivity contribution >= 4 is 19.7 Å². The van der Waals surface area contributed by atoms with Gasteiger partial charge in [0.25, 0.3) is 0 Å². The summed E-state index contributed by atoms with van der Waals surface area (Å²) in [5, 5.41) is -12.4. The molecule has 1 rings (SSSR count). The average molecular weight is 320 g/mol. The Morgan fingerprint density at radius 1 is 0.667 bits per heavy atom. The van der Waals surface area contributed by atoms with Crippen LogP contribution in [0, 0.1) is 0 Å². The summed E-state index contributed by atoms with van der Waals surface area (Å²) in [7, 11) is -12.8. The zero-order valence-electron chi connectivity index (χ0n) is 8.72. The summed E-state index contributed by atoms with van der Waals surface area (Å²) in [4.78, 5) is 0. The van der Waals surface area contributed by atoms with E-state index in [-0.39, 0.29) is 13.8 Å². The lowest BCUT2D eigenvalue weighted by Crippen LogP contribution is -2.73. The van der Waals surface area contributed by atoms with Gasteiger partial charge < -0.3 is 0 Å². The molecule has 0 spiro atoms. The van der Waals surface area contributed by atoms with Crippen LogP contribution in [0.25, 0.3) is 0 Å². The van der Waals surface area contributed by atoms with Crippen LogP contribution in [0.15, 0.2) is 0 Å². The molecule has 1 saturated heterocycles. The van der Waals surface area contributed by atoms with E-state index in [4.69, 9.17) is 0 Å². The lowest BCUT2D eigenvalue weighted by Gasteiger charge is -2.43. The fraction of sp³-hybridized carbons (Fsp3) is 1.00. The molecule has 18 heavy (non-hydrogen) atoms. The number of sulfone groups is 2. The highest BCUT2D eigenvalue weighted by molar-refractivity contribution is 8.12. The second kappa shape index (κ2) is 3.14. The first-order valence-corrected chi connectivity index (χ1v) is 7.08. The monoisotopic (exact) mass is 320 g/mol. The minimum absolute atomic E-state index is 0.00866. The molecular weight excluding hydrogens is 314 g/mol. The van der Waals surface area contributed by atoms with Crippen LogP contribution in [0.5, 0.6) is 0 Å². The topological polar surface area (TPSA) is 68.3 Å². The highest BCUT2D eigenvalue weighted by atomic mass is 32.3. The largest absolute Gasteiger partial charge is 0.416 e. The quantitative estimate of drug-likeness (QED) is 0.633. The van der Waals surface area contributed by atoms with Crippen LogP contribution >= 0.6 is 0 Å². The van der Waals surface area contributed by atoms with Gasteiger partial charge in [0.2, 0.25) is 19.7 Å². The lowest BCUT2D eigenvalue weighted by atomic mass is 10.3. The molecule has 1 fully saturated rings. The van der Waals surface area contributed by atoms with Crippen molar-refractivity contribution in [3.8, 4) is 0 Å². The first-order valence-electron chi connectivity index (χ1n) is 4.12. The maximum atomic E-state index is 13.0. The molecule has 0 atom stereocenters. The first kappa shape index (κ1) is 15.5. The van der Waals surface area contributed by atoms with Crippen molar-refractivity contribution in [3.63, 3.8) is 0 Å². The van der Waals surface area contributed by atoms with E-state index in [0.717, 1.165) is 0 Å². The highest BCUT2D eigenvalue weighted by Crippen LogP contribution is 2.60. The van der Waals surface area contributed by atoms with Crippen molar-refractivity contribution in [2.45, 2.75) is 34.4 Å². The summed E-state index contributed by atoms with van der Waals surface area (Å²) in [5.74, 6) is -6.55. The summed E-state index contributed by atoms with van der Waals surface area (Å²) >= 11 is 0. The molecule has 1 aliphatic heterocycles. The molecule has 0 aromatic carbocycles. The average Bonchev–Trinajstić information content (AvgIpc) is 2.14. The van der Waals surface area contributed by atoms with Gasteiger partial charge in [-0.15, -0.1) is 0 Å². The predicted octanol–water partition coefficient (Wildman–Crippen LogP) is 1.39. The van der Waals surface area contributed by atoms with Gasteiger partial charge >= 0.3 is 16.4 Å². The maximum absolute atomic E-state index is 13.0. The van der Waals surface area contributed by atoms with Gasteiger partial charge in [0, 0.05) is 0 Å². The summed E-state index contributed by atoms with van der Waals surface area (Å²) in [6.07, 6.45) is 0. The molecule has 0 aliphatic carbocycles. The second-order valence-electron chi connectivity index (χ2n) is 4.01. The molecule has 0 saturated carbocycles. The zero-order chi connectivity index (χ0) is 15.0. The molecular formula is C6H6F6O4S2. The third-order valence-corrected chi connectivity index (χ3v) is 8.47. The molecule has 4 nitrogen and oxygen atoms in total. The van der Waals surface area contributed by atoms with Gasteiger partial charge in [-0.3, -0.25) is 0 Å². The van der Waals surface area contributed by atoms with Gasteiger partial charge in [0.15, 0.2) is 4.08 Å². The Hall–Kier alpha value is -0.520. The Bertz CT molecular complexity index is 538. The minimum Gasteiger partial charge on any atom is -0.221 e. The number of rotatable bonds is 0. The SMILES string of the molecule is CC1(C)S(=O)(=O)C(F)(F)C(F)(F)C(F)(F)S1(=O)=O. The smallest absolute Gasteiger partial charge is 0.221 e. The van der Waals surface area contributed by atoms with E-state index >= 15 is 0 Å². The molecule has 108 valence electrons. The van der Waals surface area contributed by atoms with Gasteiger partial charge in [-0.05, 0) is 13.8 Å². The molecule has 1 aliphatic rings. The molecule has 0 unspecified atom stereocenters. The van der Waals surface area contributed by atoms with Crippen LogP contribution in [0.4, 0.5) is 26.3 Å². The van der Waals surface area contributed by atoms with E-state index < -0.39 is 40.2 Å². The third kappa shape index (κ3) is 1.13. The van der Waals surface area contributed by atoms with E-state index in [2.05, 4.69) is 0 Å². The molecule has 0 aromatic heterocycles. The van der Waals surface area contributed by atoms with E-state index in [1.807, 2.05) is 0 Å². The number of hydrogen-bond acceptors (Lipinski definition) is 4. The summed E-state index contributed by atoms with van der Waals surface area (Å²) in [6, 6.07) is 0. The van der Waals surface area contributed by atoms with Gasteiger partial charge in [0.05, 0.1) is 0 Å². The summed E-state index contributed by atoms with van der Waals surface area (Å²) < 4.78 is 119. The molecule has 1 heterocycles. The van der Waals surface area contributed by atoms with Crippen molar-refractivity contribution in [1.82, 2.24) is 0 Å². The Balaban J connectivity index is 3.97. The van der Waals surface area contributed by atoms with Crippen molar-refractivity contribution in [1.29, 1.82) is 0 Å². The normalized spacial score (nSPS) is 33.8. The fourth-order valence-corrected chi connectivity index (χ4v) is 5.28. The predicted molar refractivity (Wildman–Crippen MR) is 46.8 cm³/mol. The molecule has 0 bridgehead atoms. The summed E-state index contributed by atoms with van der Waals surface area (Å²) in [5.41, 5.74) is 0. The van der Waals surface area contributed by atoms with Crippen LogP contribution in [0.2, 0.25) is 0 Å². The van der Waals surface area contributed by atoms with Crippen molar-refractivity contribution in [3.05, 3.63) is 0 Å². The van der Waals surface area contributed by atoms with Crippen LogP contribution in [-0.2, 0) is 19.7 Å². The third-order valence-electron chi connectivity index (χ3n) is 2.70. The Kier molecular flexibility index (Phi) is 2.71. The number of hydrogen-bond donors (Lipinski definition) is 0. The van der Waals surface area contributed by atoms with E-state index in [1.165, 1.54) is 0 Å². The van der Waals surface area contributed by atoms with Crippen LogP contribution in [0.1, 0.15) is 13.8 Å². The van der Waals surface area contributed by atoms with Crippen molar-refractivity contribution in [2.75, 3.05) is 0 Å². The Morgan fingerprint density at radius 2 is 0.889 bits per heavy atom. The number of alkyl halides is 6. The fourth-order valence-electron chi connectivity index (χ4n) is 1.27. The van der Waals surface area contributed by atoms with E-state index in [0.29, 0.717) is 0 Å². The van der Waals surface area contributed by atoms with Crippen LogP contribution in [0.3, 0.4) is 0 Å². The lowest BCUT2D eigenvalue weighted by molar-refractivity contribution is -0.247. The Morgan fingerprint density at radius 3 is 1.11 bits per heavy atom. The second-order valence-corrected chi connectivity index (χ2v) is 9.35. The molecule has 0 aromatic rings. The van der Waals surface area contributed by atoms with Gasteiger partial charge in [-0.25, -0.2) is 16.8 Å². The number of halogens is 6. The Labute approximate surface area is 97.8 Å². The molecule has 0 amide bonds. The van der Waals surface area contributed by atoms with Gasteiger partial charge in [-0.2, -0.15) is 26.3 Å². The maximum Gasteiger partial charge on any atom is 0.416 e. The standard InChI is InChI=1S/C6H6F6O4S2/c1-3(2)17(13,14)5(9,10)4(7,8)6(11,12)18(3,15)16/h1-2H3. The van der Waals surface area contributed by atoms with Gasteiger partial charge in [-0.1, -0.05) is 0 Å². The van der Waals surface area contributed by atoms with Crippen LogP contribution < -0.4 is 0 Å². The van der Waals surface area contributed by atoms with Crippen LogP contribution in [-0.4, -0.2) is 37.3 Å². The molecule has 0 radical (unpaired) electrons. The van der Waals surface area contributed by atoms with Gasteiger partial charge in [0.1, 0.15) is 0 Å². The van der Waals surface area contributed by atoms with Crippen molar-refractivity contribution < 1.29 is 43.2 Å². The first-order chi connectivity index (χ1) is 7.50. The van der Waals surface area contributed by atoms with Crippen molar-refractivity contribution in [2.24, 2.45) is 0 Å². The zero-order valence-corrected chi connectivity index (χ0v) is 10.4. The van der Waals surface area contributed by atoms with E-state index in [9.17, 15) is 43.2 Å². The molecule has 12 heteroatoms. The minimum atomic E-state index is -6.55. The summed E-state index contributed by atoms with van der Waals surface area (Å²) in [6.45, 7) is 0.0173. The van der Waals surface area contributed by atoms with E-state index in [1.54, 1.807) is 0 Å². The highest BCUT2D eigenvalue weighted by Gasteiger charge is 2.90. The molecule has 0 N–H and O–H groups in total.